The number of nitrogens with one attached hydrogen (secondary N) is 1. The molecular weight excluding hydrogens is 459 g/mol. The molecule has 1 unspecified atom stereocenters. The number of esters is 1. The highest BCUT2D eigenvalue weighted by Gasteiger charge is 2.28. The Morgan fingerprint density at radius 1 is 1.03 bits per heavy atom. The Morgan fingerprint density at radius 3 is 2.38 bits per heavy atom. The zero-order valence-corrected chi connectivity index (χ0v) is 19.1. The number of hydrogen-bond donors (Lipinski definition) is 1. The van der Waals surface area contributed by atoms with Gasteiger partial charge in [0.05, 0.1) is 10.7 Å². The molecule has 2 heterocycles. The van der Waals surface area contributed by atoms with Gasteiger partial charge in [-0.2, -0.15) is 5.10 Å². The van der Waals surface area contributed by atoms with Crippen LogP contribution in [0.4, 0.5) is 10.1 Å². The summed E-state index contributed by atoms with van der Waals surface area (Å²) in [6.07, 6.45) is -1.30. The molecule has 1 N–H and O–H groups in total. The van der Waals surface area contributed by atoms with Crippen molar-refractivity contribution in [2.45, 2.75) is 20.0 Å². The molecule has 34 heavy (non-hydrogen) atoms. The molecule has 0 spiro atoms. The number of anilines is 1. The molecule has 1 atom stereocenters. The number of carbonyl (C=O) groups excluding carboxylic acids is 2. The lowest BCUT2D eigenvalue weighted by Gasteiger charge is -2.18. The first-order chi connectivity index (χ1) is 16.3. The van der Waals surface area contributed by atoms with E-state index >= 15 is 0 Å². The summed E-state index contributed by atoms with van der Waals surface area (Å²) in [5, 5.41) is 7.08. The first-order valence-corrected chi connectivity index (χ1v) is 10.7. The molecular formula is C25H20ClFN4O3. The molecule has 4 rings (SSSR count). The Morgan fingerprint density at radius 2 is 1.74 bits per heavy atom. The van der Waals surface area contributed by atoms with Crippen molar-refractivity contribution in [2.24, 2.45) is 0 Å². The maximum absolute atomic E-state index is 13.2. The molecule has 9 heteroatoms. The van der Waals surface area contributed by atoms with Crippen molar-refractivity contribution in [1.82, 2.24) is 14.8 Å². The van der Waals surface area contributed by atoms with Gasteiger partial charge in [-0.25, -0.2) is 18.9 Å². The van der Waals surface area contributed by atoms with Crippen LogP contribution in [0, 0.1) is 19.7 Å². The highest BCUT2D eigenvalue weighted by atomic mass is 35.5. The van der Waals surface area contributed by atoms with Gasteiger partial charge in [0.15, 0.2) is 11.5 Å². The summed E-state index contributed by atoms with van der Waals surface area (Å²) in [6.45, 7) is 3.71. The Balaban J connectivity index is 1.63. The van der Waals surface area contributed by atoms with Crippen LogP contribution in [0.15, 0.2) is 72.8 Å². The molecule has 0 bridgehead atoms. The lowest BCUT2D eigenvalue weighted by atomic mass is 10.1. The Bertz CT molecular complexity index is 1340. The predicted octanol–water partition coefficient (Wildman–Crippen LogP) is 5.21. The third kappa shape index (κ3) is 5.13. The molecule has 0 aliphatic heterocycles. The van der Waals surface area contributed by atoms with Crippen molar-refractivity contribution in [3.63, 3.8) is 0 Å². The van der Waals surface area contributed by atoms with E-state index in [-0.39, 0.29) is 10.7 Å². The molecule has 0 aliphatic rings. The van der Waals surface area contributed by atoms with Crippen LogP contribution >= 0.6 is 11.6 Å². The fraction of sp³-hybridized carbons (Fsp3) is 0.120. The first-order valence-electron chi connectivity index (χ1n) is 10.3. The van der Waals surface area contributed by atoms with Crippen LogP contribution in [0.25, 0.3) is 5.82 Å². The first kappa shape index (κ1) is 23.1. The van der Waals surface area contributed by atoms with E-state index in [9.17, 15) is 14.0 Å². The summed E-state index contributed by atoms with van der Waals surface area (Å²) >= 11 is 6.25. The van der Waals surface area contributed by atoms with Crippen LogP contribution in [0.2, 0.25) is 5.02 Å². The van der Waals surface area contributed by atoms with Crippen LogP contribution in [0.1, 0.15) is 33.5 Å². The zero-order chi connectivity index (χ0) is 24.2. The molecule has 7 nitrogen and oxygen atoms in total. The number of benzene rings is 2. The van der Waals surface area contributed by atoms with Gasteiger partial charge >= 0.3 is 5.97 Å². The van der Waals surface area contributed by atoms with Gasteiger partial charge in [-0.3, -0.25) is 4.79 Å². The van der Waals surface area contributed by atoms with Gasteiger partial charge < -0.3 is 10.1 Å². The van der Waals surface area contributed by atoms with Gasteiger partial charge in [-0.15, -0.1) is 0 Å². The number of ether oxygens (including phenoxy) is 1. The third-order valence-corrected chi connectivity index (χ3v) is 5.23. The average Bonchev–Trinajstić information content (AvgIpc) is 3.17. The molecule has 2 aromatic heterocycles. The summed E-state index contributed by atoms with van der Waals surface area (Å²) in [5.41, 5.74) is 2.27. The van der Waals surface area contributed by atoms with Crippen molar-refractivity contribution in [3.8, 4) is 5.82 Å². The summed E-state index contributed by atoms with van der Waals surface area (Å²) in [7, 11) is 0. The van der Waals surface area contributed by atoms with Gasteiger partial charge in [0.1, 0.15) is 5.82 Å². The van der Waals surface area contributed by atoms with Crippen LogP contribution < -0.4 is 5.32 Å². The van der Waals surface area contributed by atoms with E-state index in [0.29, 0.717) is 17.1 Å². The third-order valence-electron chi connectivity index (χ3n) is 4.93. The highest BCUT2D eigenvalue weighted by molar-refractivity contribution is 6.33. The SMILES string of the molecule is Cc1cc(C)n(-c2ccc(Cl)c(C(=O)OC(C(=O)Nc3ccc(F)cc3)c3ccccc3)n2)n1. The summed E-state index contributed by atoms with van der Waals surface area (Å²) in [6, 6.07) is 18.8. The molecule has 0 radical (unpaired) electrons. The lowest BCUT2D eigenvalue weighted by molar-refractivity contribution is -0.125. The molecule has 0 saturated carbocycles. The number of carbonyl (C=O) groups is 2. The van der Waals surface area contributed by atoms with Gasteiger partial charge in [0, 0.05) is 16.9 Å². The number of pyridine rings is 1. The smallest absolute Gasteiger partial charge is 0.359 e. The number of nitrogens with zero attached hydrogens (tertiary/aromatic N) is 3. The fourth-order valence-electron chi connectivity index (χ4n) is 3.36. The average molecular weight is 479 g/mol. The number of aryl methyl sites for hydroxylation is 2. The molecule has 1 amide bonds. The second-order valence-corrected chi connectivity index (χ2v) is 7.94. The van der Waals surface area contributed by atoms with Gasteiger partial charge in [-0.1, -0.05) is 41.9 Å². The second kappa shape index (κ2) is 9.84. The summed E-state index contributed by atoms with van der Waals surface area (Å²) in [5.74, 6) is -1.55. The van der Waals surface area contributed by atoms with Crippen molar-refractivity contribution >= 4 is 29.2 Å². The van der Waals surface area contributed by atoms with E-state index in [1.807, 2.05) is 19.9 Å². The van der Waals surface area contributed by atoms with Crippen molar-refractivity contribution in [3.05, 3.63) is 106 Å². The van der Waals surface area contributed by atoms with Crippen molar-refractivity contribution in [1.29, 1.82) is 0 Å². The molecule has 172 valence electrons. The quantitative estimate of drug-likeness (QED) is 0.384. The molecule has 0 fully saturated rings. The summed E-state index contributed by atoms with van der Waals surface area (Å²) in [4.78, 5) is 30.5. The van der Waals surface area contributed by atoms with Gasteiger partial charge in [0.25, 0.3) is 5.91 Å². The maximum Gasteiger partial charge on any atom is 0.359 e. The summed E-state index contributed by atoms with van der Waals surface area (Å²) < 4.78 is 20.4. The van der Waals surface area contributed by atoms with Crippen molar-refractivity contribution in [2.75, 3.05) is 5.32 Å². The number of rotatable bonds is 6. The molecule has 4 aromatic rings. The van der Waals surface area contributed by atoms with Gasteiger partial charge in [0.2, 0.25) is 6.10 Å². The number of halogens is 2. The van der Waals surface area contributed by atoms with Crippen LogP contribution in [0.3, 0.4) is 0 Å². The van der Waals surface area contributed by atoms with Crippen molar-refractivity contribution < 1.29 is 18.7 Å². The minimum absolute atomic E-state index is 0.0704. The maximum atomic E-state index is 13.2. The van der Waals surface area contributed by atoms with E-state index in [2.05, 4.69) is 15.4 Å². The Kier molecular flexibility index (Phi) is 6.70. The number of hydrogen-bond acceptors (Lipinski definition) is 5. The van der Waals surface area contributed by atoms with Crippen LogP contribution in [-0.4, -0.2) is 26.6 Å². The predicted molar refractivity (Wildman–Crippen MR) is 125 cm³/mol. The van der Waals surface area contributed by atoms with E-state index in [0.717, 1.165) is 11.4 Å². The van der Waals surface area contributed by atoms with Gasteiger partial charge in [-0.05, 0) is 56.3 Å². The highest BCUT2D eigenvalue weighted by Crippen LogP contribution is 2.24. The normalized spacial score (nSPS) is 11.6. The topological polar surface area (TPSA) is 86.1 Å². The molecule has 0 aliphatic carbocycles. The van der Waals surface area contributed by atoms with E-state index in [1.54, 1.807) is 41.1 Å². The fourth-order valence-corrected chi connectivity index (χ4v) is 3.54. The lowest BCUT2D eigenvalue weighted by Crippen LogP contribution is -2.26. The molecule has 2 aromatic carbocycles. The minimum atomic E-state index is -1.30. The zero-order valence-electron chi connectivity index (χ0n) is 18.3. The van der Waals surface area contributed by atoms with Crippen LogP contribution in [0.5, 0.6) is 0 Å². The number of aromatic nitrogens is 3. The van der Waals surface area contributed by atoms with E-state index in [1.165, 1.54) is 30.3 Å². The number of amides is 1. The largest absolute Gasteiger partial charge is 0.443 e. The van der Waals surface area contributed by atoms with E-state index < -0.39 is 23.8 Å². The minimum Gasteiger partial charge on any atom is -0.443 e. The second-order valence-electron chi connectivity index (χ2n) is 7.53. The Labute approximate surface area is 200 Å². The Hall–Kier alpha value is -4.04. The van der Waals surface area contributed by atoms with Crippen LogP contribution in [-0.2, 0) is 9.53 Å². The van der Waals surface area contributed by atoms with E-state index in [4.69, 9.17) is 16.3 Å². The monoisotopic (exact) mass is 478 g/mol. The molecule has 0 saturated heterocycles. The standard InChI is InChI=1S/C25H20ClFN4O3/c1-15-14-16(2)31(30-15)21-13-12-20(26)22(29-21)25(33)34-23(17-6-4-3-5-7-17)24(32)28-19-10-8-18(27)9-11-19/h3-14,23H,1-2H3,(H,28,32).